The Morgan fingerprint density at radius 1 is 1.00 bits per heavy atom. The zero-order valence-corrected chi connectivity index (χ0v) is 8.77. The van der Waals surface area contributed by atoms with Crippen molar-refractivity contribution in [3.8, 4) is 0 Å². The van der Waals surface area contributed by atoms with Crippen molar-refractivity contribution in [1.82, 2.24) is 10.9 Å². The molecule has 0 saturated carbocycles. The molecule has 0 saturated heterocycles. The first-order chi connectivity index (χ1) is 7.52. The lowest BCUT2D eigenvalue weighted by atomic mass is 9.87. The van der Waals surface area contributed by atoms with Gasteiger partial charge < -0.3 is 0 Å². The number of hydrogen-bond acceptors (Lipinski definition) is 5. The molecule has 2 unspecified atom stereocenters. The molecule has 0 bridgehead atoms. The van der Waals surface area contributed by atoms with Gasteiger partial charge in [0.15, 0.2) is 5.78 Å². The van der Waals surface area contributed by atoms with Crippen LogP contribution < -0.4 is 10.9 Å². The fourth-order valence-corrected chi connectivity index (χ4v) is 1.76. The number of nitrogens with one attached hydrogen (secondary N) is 2. The van der Waals surface area contributed by atoms with E-state index in [4.69, 9.17) is 0 Å². The van der Waals surface area contributed by atoms with Crippen LogP contribution in [-0.4, -0.2) is 29.0 Å². The highest BCUT2D eigenvalue weighted by molar-refractivity contribution is 6.32. The third-order valence-electron chi connectivity index (χ3n) is 2.61. The fourth-order valence-electron chi connectivity index (χ4n) is 1.76. The predicted octanol–water partition coefficient (Wildman–Crippen LogP) is -1.20. The summed E-state index contributed by atoms with van der Waals surface area (Å²) in [5.74, 6) is -3.41. The van der Waals surface area contributed by atoms with Gasteiger partial charge in [0.2, 0.25) is 0 Å². The van der Waals surface area contributed by atoms with Crippen LogP contribution in [0.25, 0.3) is 0 Å². The molecule has 2 rings (SSSR count). The Balaban J connectivity index is 2.26. The van der Waals surface area contributed by atoms with Gasteiger partial charge in [0, 0.05) is 0 Å². The summed E-state index contributed by atoms with van der Waals surface area (Å²) in [5.41, 5.74) is 5.17. The van der Waals surface area contributed by atoms with Gasteiger partial charge in [0.1, 0.15) is 11.8 Å². The Morgan fingerprint density at radius 3 is 1.62 bits per heavy atom. The van der Waals surface area contributed by atoms with E-state index in [0.717, 1.165) is 0 Å². The maximum atomic E-state index is 12.0. The second kappa shape index (κ2) is 3.51. The topological polar surface area (TPSA) is 100.0 Å². The normalized spacial score (nSPS) is 28.4. The molecular weight excluding hydrogens is 212 g/mol. The summed E-state index contributed by atoms with van der Waals surface area (Å²) in [4.78, 5) is 34.8. The van der Waals surface area contributed by atoms with Crippen LogP contribution in [-0.2, 0) is 14.4 Å². The lowest BCUT2D eigenvalue weighted by molar-refractivity contribution is -0.134. The minimum atomic E-state index is -0.973. The number of ketones is 1. The molecule has 0 aliphatic carbocycles. The first-order valence-corrected chi connectivity index (χ1v) is 4.74. The molecule has 2 amide bonds. The van der Waals surface area contributed by atoms with E-state index in [0.29, 0.717) is 11.4 Å². The third-order valence-corrected chi connectivity index (χ3v) is 2.61. The molecule has 0 aromatic rings. The van der Waals surface area contributed by atoms with Crippen LogP contribution in [0.2, 0.25) is 0 Å². The Labute approximate surface area is 91.0 Å². The summed E-state index contributed by atoms with van der Waals surface area (Å²) in [6.07, 6.45) is 0. The highest BCUT2D eigenvalue weighted by Gasteiger charge is 2.43. The van der Waals surface area contributed by atoms with Crippen LogP contribution in [0.1, 0.15) is 13.8 Å². The van der Waals surface area contributed by atoms with Gasteiger partial charge in [0.05, 0.1) is 11.4 Å². The van der Waals surface area contributed by atoms with Gasteiger partial charge in [-0.05, 0) is 13.8 Å². The highest BCUT2D eigenvalue weighted by atomic mass is 16.2. The maximum Gasteiger partial charge on any atom is 0.256 e. The standard InChI is InChI=1S/C9H10N4O3/c1-3-5(8(15)12-10-3)7(14)6-4(2)11-13-9(6)16/h5-6H,1-2H3,(H,12,15)(H,13,16). The Hall–Kier alpha value is -2.05. The second-order valence-electron chi connectivity index (χ2n) is 3.73. The molecule has 7 nitrogen and oxygen atoms in total. The lowest BCUT2D eigenvalue weighted by Gasteiger charge is -2.11. The van der Waals surface area contributed by atoms with Crippen molar-refractivity contribution >= 4 is 29.0 Å². The number of nitrogens with zero attached hydrogens (tertiary/aromatic N) is 2. The summed E-state index contributed by atoms with van der Waals surface area (Å²) in [5, 5.41) is 7.33. The molecular formula is C9H10N4O3. The molecule has 0 radical (unpaired) electrons. The lowest BCUT2D eigenvalue weighted by Crippen LogP contribution is -2.40. The van der Waals surface area contributed by atoms with Crippen molar-refractivity contribution in [2.24, 2.45) is 22.0 Å². The number of rotatable bonds is 2. The molecule has 0 spiro atoms. The van der Waals surface area contributed by atoms with E-state index in [2.05, 4.69) is 21.1 Å². The zero-order valence-electron chi connectivity index (χ0n) is 8.77. The minimum Gasteiger partial charge on any atom is -0.297 e. The van der Waals surface area contributed by atoms with Gasteiger partial charge in [-0.2, -0.15) is 10.2 Å². The van der Waals surface area contributed by atoms with Crippen molar-refractivity contribution in [2.45, 2.75) is 13.8 Å². The highest BCUT2D eigenvalue weighted by Crippen LogP contribution is 2.18. The average Bonchev–Trinajstić information content (AvgIpc) is 2.71. The molecule has 2 aliphatic rings. The van der Waals surface area contributed by atoms with Crippen LogP contribution in [0.3, 0.4) is 0 Å². The average molecular weight is 222 g/mol. The van der Waals surface area contributed by atoms with Gasteiger partial charge in [-0.1, -0.05) is 0 Å². The quantitative estimate of drug-likeness (QED) is 0.574. The number of hydrogen-bond donors (Lipinski definition) is 2. The van der Waals surface area contributed by atoms with Gasteiger partial charge >= 0.3 is 0 Å². The first kappa shape index (κ1) is 10.5. The number of hydrazone groups is 2. The fraction of sp³-hybridized carbons (Fsp3) is 0.444. The van der Waals surface area contributed by atoms with E-state index in [1.54, 1.807) is 13.8 Å². The number of amides is 2. The second-order valence-corrected chi connectivity index (χ2v) is 3.73. The summed E-state index contributed by atoms with van der Waals surface area (Å²) >= 11 is 0. The van der Waals surface area contributed by atoms with Gasteiger partial charge in [0.25, 0.3) is 11.8 Å². The molecule has 2 aliphatic heterocycles. The summed E-state index contributed by atoms with van der Waals surface area (Å²) in [7, 11) is 0. The van der Waals surface area contributed by atoms with E-state index in [9.17, 15) is 14.4 Å². The van der Waals surface area contributed by atoms with Crippen molar-refractivity contribution in [3.63, 3.8) is 0 Å². The largest absolute Gasteiger partial charge is 0.297 e. The van der Waals surface area contributed by atoms with Gasteiger partial charge in [-0.25, -0.2) is 10.9 Å². The molecule has 16 heavy (non-hydrogen) atoms. The van der Waals surface area contributed by atoms with Crippen molar-refractivity contribution < 1.29 is 14.4 Å². The third kappa shape index (κ3) is 1.40. The number of Topliss-reactive ketones (excluding diaryl/α,β-unsaturated/α-hetero) is 1. The molecule has 2 heterocycles. The Bertz CT molecular complexity index is 412. The van der Waals surface area contributed by atoms with Crippen LogP contribution in [0.4, 0.5) is 0 Å². The van der Waals surface area contributed by atoms with Crippen LogP contribution in [0, 0.1) is 11.8 Å². The monoisotopic (exact) mass is 222 g/mol. The first-order valence-electron chi connectivity index (χ1n) is 4.74. The summed E-state index contributed by atoms with van der Waals surface area (Å²) < 4.78 is 0. The van der Waals surface area contributed by atoms with E-state index >= 15 is 0 Å². The van der Waals surface area contributed by atoms with E-state index < -0.39 is 29.4 Å². The van der Waals surface area contributed by atoms with Crippen LogP contribution >= 0.6 is 0 Å². The van der Waals surface area contributed by atoms with Gasteiger partial charge in [-0.15, -0.1) is 0 Å². The molecule has 0 aromatic heterocycles. The molecule has 84 valence electrons. The molecule has 0 aromatic carbocycles. The Morgan fingerprint density at radius 2 is 1.38 bits per heavy atom. The van der Waals surface area contributed by atoms with Crippen molar-refractivity contribution in [3.05, 3.63) is 0 Å². The number of carbonyl (C=O) groups excluding carboxylic acids is 3. The van der Waals surface area contributed by atoms with Crippen molar-refractivity contribution in [1.29, 1.82) is 0 Å². The summed E-state index contributed by atoms with van der Waals surface area (Å²) in [6.45, 7) is 3.14. The molecule has 0 fully saturated rings. The van der Waals surface area contributed by atoms with Crippen molar-refractivity contribution in [2.75, 3.05) is 0 Å². The predicted molar refractivity (Wildman–Crippen MR) is 54.5 cm³/mol. The van der Waals surface area contributed by atoms with E-state index in [-0.39, 0.29) is 0 Å². The molecule has 2 atom stereocenters. The Kier molecular flexibility index (Phi) is 2.30. The molecule has 7 heteroatoms. The zero-order chi connectivity index (χ0) is 11.9. The summed E-state index contributed by atoms with van der Waals surface area (Å²) in [6, 6.07) is 0. The smallest absolute Gasteiger partial charge is 0.256 e. The number of carbonyl (C=O) groups is 3. The maximum absolute atomic E-state index is 12.0. The minimum absolute atomic E-state index is 0.377. The SMILES string of the molecule is CC1=NNC(=O)C1C(=O)C1C(=O)NN=C1C. The van der Waals surface area contributed by atoms with E-state index in [1.165, 1.54) is 0 Å². The van der Waals surface area contributed by atoms with E-state index in [1.807, 2.05) is 0 Å². The van der Waals surface area contributed by atoms with Crippen LogP contribution in [0.15, 0.2) is 10.2 Å². The van der Waals surface area contributed by atoms with Gasteiger partial charge in [-0.3, -0.25) is 14.4 Å². The van der Waals surface area contributed by atoms with Crippen LogP contribution in [0.5, 0.6) is 0 Å². The molecule has 2 N–H and O–H groups in total.